The number of halogens is 2. The molecule has 2 heterocycles. The number of fused-ring (bicyclic) bond motifs is 1. The SMILES string of the molecule is O=S(=O)(Cc1noc(C2CC2)n1)Cc1cccc2c1OC(F)(F)O2. The second-order valence-corrected chi connectivity index (χ2v) is 7.83. The molecular formula is C14H12F2N2O5S. The fraction of sp³-hybridized carbons (Fsp3) is 0.429. The van der Waals surface area contributed by atoms with Crippen LogP contribution in [0.3, 0.4) is 0 Å². The summed E-state index contributed by atoms with van der Waals surface area (Å²) in [5.41, 5.74) is 0.0931. The summed E-state index contributed by atoms with van der Waals surface area (Å²) in [4.78, 5) is 4.06. The van der Waals surface area contributed by atoms with Crippen LogP contribution in [0.2, 0.25) is 0 Å². The molecule has 24 heavy (non-hydrogen) atoms. The molecule has 0 saturated heterocycles. The molecule has 1 fully saturated rings. The Hall–Kier alpha value is -2.23. The van der Waals surface area contributed by atoms with Crippen LogP contribution >= 0.6 is 0 Å². The van der Waals surface area contributed by atoms with Gasteiger partial charge in [-0.1, -0.05) is 17.3 Å². The van der Waals surface area contributed by atoms with Crippen LogP contribution in [-0.2, 0) is 21.3 Å². The van der Waals surface area contributed by atoms with Gasteiger partial charge in [-0.3, -0.25) is 0 Å². The Balaban J connectivity index is 1.53. The Morgan fingerprint density at radius 1 is 1.21 bits per heavy atom. The van der Waals surface area contributed by atoms with E-state index < -0.39 is 27.6 Å². The number of aromatic nitrogens is 2. The molecule has 1 saturated carbocycles. The van der Waals surface area contributed by atoms with Crippen LogP contribution in [-0.4, -0.2) is 24.9 Å². The first kappa shape index (κ1) is 15.3. The first-order valence-corrected chi connectivity index (χ1v) is 9.04. The average molecular weight is 358 g/mol. The quantitative estimate of drug-likeness (QED) is 0.810. The summed E-state index contributed by atoms with van der Waals surface area (Å²) in [6, 6.07) is 4.11. The summed E-state index contributed by atoms with van der Waals surface area (Å²) in [6.07, 6.45) is -1.89. The van der Waals surface area contributed by atoms with E-state index in [1.807, 2.05) is 0 Å². The van der Waals surface area contributed by atoms with Crippen molar-refractivity contribution in [3.8, 4) is 11.5 Å². The van der Waals surface area contributed by atoms with Crippen molar-refractivity contribution >= 4 is 9.84 Å². The van der Waals surface area contributed by atoms with Gasteiger partial charge in [0, 0.05) is 11.5 Å². The van der Waals surface area contributed by atoms with E-state index in [0.717, 1.165) is 12.8 Å². The number of ether oxygens (including phenoxy) is 2. The highest BCUT2D eigenvalue weighted by Gasteiger charge is 2.44. The van der Waals surface area contributed by atoms with Crippen LogP contribution in [0.5, 0.6) is 11.5 Å². The Labute approximate surface area is 135 Å². The van der Waals surface area contributed by atoms with Gasteiger partial charge < -0.3 is 14.0 Å². The number of hydrogen-bond acceptors (Lipinski definition) is 7. The lowest BCUT2D eigenvalue weighted by Crippen LogP contribution is -2.26. The third-order valence-corrected chi connectivity index (χ3v) is 5.09. The van der Waals surface area contributed by atoms with Crippen LogP contribution < -0.4 is 9.47 Å². The highest BCUT2D eigenvalue weighted by molar-refractivity contribution is 7.89. The first-order valence-electron chi connectivity index (χ1n) is 7.22. The van der Waals surface area contributed by atoms with Crippen molar-refractivity contribution in [2.45, 2.75) is 36.6 Å². The normalized spacial score (nSPS) is 18.8. The van der Waals surface area contributed by atoms with Gasteiger partial charge in [0.25, 0.3) is 0 Å². The number of para-hydroxylation sites is 1. The van der Waals surface area contributed by atoms with Crippen molar-refractivity contribution in [2.24, 2.45) is 0 Å². The smallest absolute Gasteiger partial charge is 0.395 e. The number of sulfone groups is 1. The molecule has 0 unspecified atom stereocenters. The van der Waals surface area contributed by atoms with E-state index >= 15 is 0 Å². The molecule has 0 atom stereocenters. The van der Waals surface area contributed by atoms with Crippen LogP contribution in [0, 0.1) is 0 Å². The van der Waals surface area contributed by atoms with Crippen molar-refractivity contribution < 1.29 is 31.2 Å². The molecule has 0 bridgehead atoms. The molecule has 10 heteroatoms. The zero-order valence-corrected chi connectivity index (χ0v) is 13.1. The highest BCUT2D eigenvalue weighted by atomic mass is 32.2. The molecule has 0 N–H and O–H groups in total. The van der Waals surface area contributed by atoms with Gasteiger partial charge in [-0.25, -0.2) is 8.42 Å². The summed E-state index contributed by atoms with van der Waals surface area (Å²) in [6.45, 7) is 0. The molecule has 0 amide bonds. The average Bonchev–Trinajstić information content (AvgIpc) is 3.13. The predicted octanol–water partition coefficient (Wildman–Crippen LogP) is 2.38. The van der Waals surface area contributed by atoms with E-state index in [1.165, 1.54) is 18.2 Å². The van der Waals surface area contributed by atoms with E-state index in [1.54, 1.807) is 0 Å². The van der Waals surface area contributed by atoms with Crippen molar-refractivity contribution in [2.75, 3.05) is 0 Å². The van der Waals surface area contributed by atoms with Crippen LogP contribution in [0.25, 0.3) is 0 Å². The van der Waals surface area contributed by atoms with Crippen LogP contribution in [0.4, 0.5) is 8.78 Å². The predicted molar refractivity (Wildman–Crippen MR) is 75.2 cm³/mol. The fourth-order valence-corrected chi connectivity index (χ4v) is 3.76. The van der Waals surface area contributed by atoms with Crippen LogP contribution in [0.15, 0.2) is 22.7 Å². The van der Waals surface area contributed by atoms with Crippen LogP contribution in [0.1, 0.15) is 36.0 Å². The van der Waals surface area contributed by atoms with E-state index in [-0.39, 0.29) is 28.8 Å². The molecule has 7 nitrogen and oxygen atoms in total. The highest BCUT2D eigenvalue weighted by Crippen LogP contribution is 2.44. The minimum absolute atomic E-state index is 0.0620. The minimum atomic E-state index is -3.80. The van der Waals surface area contributed by atoms with Crippen molar-refractivity contribution in [1.82, 2.24) is 10.1 Å². The Bertz CT molecular complexity index is 892. The molecule has 1 aliphatic heterocycles. The van der Waals surface area contributed by atoms with Crippen molar-refractivity contribution in [1.29, 1.82) is 0 Å². The van der Waals surface area contributed by atoms with Gasteiger partial charge in [-0.2, -0.15) is 4.98 Å². The molecule has 4 rings (SSSR count). The summed E-state index contributed by atoms with van der Waals surface area (Å²) >= 11 is 0. The van der Waals surface area contributed by atoms with Gasteiger partial charge in [0.15, 0.2) is 27.2 Å². The van der Waals surface area contributed by atoms with Crippen molar-refractivity contribution in [3.05, 3.63) is 35.5 Å². The second kappa shape index (κ2) is 5.13. The molecule has 2 aliphatic rings. The molecule has 2 aromatic rings. The minimum Gasteiger partial charge on any atom is -0.395 e. The molecule has 1 aromatic heterocycles. The van der Waals surface area contributed by atoms with E-state index in [9.17, 15) is 17.2 Å². The lowest BCUT2D eigenvalue weighted by molar-refractivity contribution is -0.286. The van der Waals surface area contributed by atoms with Gasteiger partial charge >= 0.3 is 6.29 Å². The maximum Gasteiger partial charge on any atom is 0.586 e. The monoisotopic (exact) mass is 358 g/mol. The van der Waals surface area contributed by atoms with E-state index in [4.69, 9.17) is 4.52 Å². The number of alkyl halides is 2. The molecule has 0 radical (unpaired) electrons. The largest absolute Gasteiger partial charge is 0.586 e. The number of nitrogens with zero attached hydrogens (tertiary/aromatic N) is 2. The second-order valence-electron chi connectivity index (χ2n) is 5.77. The van der Waals surface area contributed by atoms with Gasteiger partial charge in [0.1, 0.15) is 5.75 Å². The summed E-state index contributed by atoms with van der Waals surface area (Å²) in [5.74, 6) is -0.669. The van der Waals surface area contributed by atoms with Crippen molar-refractivity contribution in [3.63, 3.8) is 0 Å². The fourth-order valence-electron chi connectivity index (χ4n) is 2.45. The summed E-state index contributed by atoms with van der Waals surface area (Å²) in [7, 11) is -3.70. The number of hydrogen-bond donors (Lipinski definition) is 0. The maximum atomic E-state index is 13.2. The number of rotatable bonds is 5. The Morgan fingerprint density at radius 3 is 2.75 bits per heavy atom. The molecule has 1 aliphatic carbocycles. The van der Waals surface area contributed by atoms with Gasteiger partial charge in [0.2, 0.25) is 5.89 Å². The zero-order valence-electron chi connectivity index (χ0n) is 12.2. The summed E-state index contributed by atoms with van der Waals surface area (Å²) in [5, 5.41) is 3.66. The van der Waals surface area contributed by atoms with Gasteiger partial charge in [0.05, 0.1) is 5.75 Å². The van der Waals surface area contributed by atoms with E-state index in [0.29, 0.717) is 5.89 Å². The third-order valence-electron chi connectivity index (χ3n) is 3.64. The molecule has 1 aromatic carbocycles. The Morgan fingerprint density at radius 2 is 2.00 bits per heavy atom. The first-order chi connectivity index (χ1) is 11.3. The maximum absolute atomic E-state index is 13.2. The standard InChI is InChI=1S/C14H12F2N2O5S/c15-14(16)21-10-3-1-2-9(12(10)22-14)6-24(19,20)7-11-17-13(23-18-11)8-4-5-8/h1-3,8H,4-7H2. The lowest BCUT2D eigenvalue weighted by atomic mass is 10.2. The summed E-state index contributed by atoms with van der Waals surface area (Å²) < 4.78 is 64.7. The zero-order chi connectivity index (χ0) is 16.9. The number of benzene rings is 1. The molecular weight excluding hydrogens is 346 g/mol. The molecule has 128 valence electrons. The third kappa shape index (κ3) is 3.05. The van der Waals surface area contributed by atoms with E-state index in [2.05, 4.69) is 19.6 Å². The van der Waals surface area contributed by atoms with Gasteiger partial charge in [-0.05, 0) is 18.9 Å². The molecule has 0 spiro atoms. The Kier molecular flexibility index (Phi) is 3.27. The van der Waals surface area contributed by atoms with Gasteiger partial charge in [-0.15, -0.1) is 8.78 Å². The lowest BCUT2D eigenvalue weighted by Gasteiger charge is -2.07. The topological polar surface area (TPSA) is 91.5 Å².